The van der Waals surface area contributed by atoms with Crippen LogP contribution in [0.5, 0.6) is 0 Å². The van der Waals surface area contributed by atoms with Gasteiger partial charge >= 0.3 is 0 Å². The van der Waals surface area contributed by atoms with Gasteiger partial charge in [-0.15, -0.1) is 11.1 Å². The van der Waals surface area contributed by atoms with Crippen LogP contribution >= 0.6 is 0 Å². The Bertz CT molecular complexity index is 1260. The van der Waals surface area contributed by atoms with Crippen molar-refractivity contribution < 1.29 is 0 Å². The topological polar surface area (TPSA) is 25.8 Å². The molecular formula is C28H24N2Si2. The third-order valence-corrected chi connectivity index (χ3v) is 5.14. The standard InChI is InChI=1S/C28H24N2Si2/c1-31(2,3)23-13-9-7-11-17-25-19-15-21-27(29-25)28-22-16-20-26(30-28)18-12-8-10-14-24-32(4,5)6/h15-16,19-22H,1-6H3. The van der Waals surface area contributed by atoms with E-state index in [0.29, 0.717) is 11.4 Å². The first-order valence-corrected chi connectivity index (χ1v) is 17.1. The maximum atomic E-state index is 4.56. The van der Waals surface area contributed by atoms with E-state index in [4.69, 9.17) is 0 Å². The molecular weight excluding hydrogens is 420 g/mol. The summed E-state index contributed by atoms with van der Waals surface area (Å²) in [5, 5.41) is 0. The lowest BCUT2D eigenvalue weighted by Gasteiger charge is -2.01. The third kappa shape index (κ3) is 10.2. The van der Waals surface area contributed by atoms with Crippen molar-refractivity contribution in [1.82, 2.24) is 9.97 Å². The molecule has 0 fully saturated rings. The number of nitrogens with zero attached hydrogens (tertiary/aromatic N) is 2. The summed E-state index contributed by atoms with van der Waals surface area (Å²) in [7, 11) is -2.81. The number of hydrogen-bond acceptors (Lipinski definition) is 2. The summed E-state index contributed by atoms with van der Waals surface area (Å²) in [6, 6.07) is 11.3. The van der Waals surface area contributed by atoms with Crippen LogP contribution in [-0.4, -0.2) is 26.1 Å². The van der Waals surface area contributed by atoms with Gasteiger partial charge in [-0.05, 0) is 83.5 Å². The van der Waals surface area contributed by atoms with E-state index in [1.807, 2.05) is 36.4 Å². The second kappa shape index (κ2) is 11.5. The summed E-state index contributed by atoms with van der Waals surface area (Å²) >= 11 is 0. The van der Waals surface area contributed by atoms with Gasteiger partial charge in [-0.25, -0.2) is 9.97 Å². The summed E-state index contributed by atoms with van der Waals surface area (Å²) in [6.45, 7) is 13.1. The van der Waals surface area contributed by atoms with Crippen molar-refractivity contribution in [3.63, 3.8) is 0 Å². The highest BCUT2D eigenvalue weighted by Gasteiger charge is 2.07. The zero-order valence-electron chi connectivity index (χ0n) is 19.4. The first-order chi connectivity index (χ1) is 15.1. The molecule has 0 N–H and O–H groups in total. The SMILES string of the molecule is C[Si](C)(C)C#CC#CC#Cc1cccc(-c2cccc(C#CC#CC#C[Si](C)(C)C)n2)n1. The van der Waals surface area contributed by atoms with Crippen molar-refractivity contribution in [3.8, 4) is 81.7 Å². The lowest BCUT2D eigenvalue weighted by molar-refractivity contribution is 1.21. The largest absolute Gasteiger partial charge is 0.238 e. The van der Waals surface area contributed by atoms with Crippen LogP contribution in [0.2, 0.25) is 39.3 Å². The molecule has 0 bridgehead atoms. The number of hydrogen-bond donors (Lipinski definition) is 0. The van der Waals surface area contributed by atoms with Crippen molar-refractivity contribution in [2.75, 3.05) is 0 Å². The Hall–Kier alpha value is -3.91. The van der Waals surface area contributed by atoms with Crippen molar-refractivity contribution in [3.05, 3.63) is 47.8 Å². The minimum Gasteiger partial charge on any atom is -0.238 e. The summed E-state index contributed by atoms with van der Waals surface area (Å²) in [5.41, 5.74) is 9.06. The monoisotopic (exact) mass is 444 g/mol. The molecule has 0 aliphatic heterocycles. The fraction of sp³-hybridized carbons (Fsp3) is 0.214. The average Bonchev–Trinajstić information content (AvgIpc) is 2.72. The van der Waals surface area contributed by atoms with Gasteiger partial charge in [-0.3, -0.25) is 0 Å². The Kier molecular flexibility index (Phi) is 8.74. The molecule has 0 aliphatic rings. The molecule has 0 aliphatic carbocycles. The molecule has 0 unspecified atom stereocenters. The van der Waals surface area contributed by atoms with E-state index in [0.717, 1.165) is 11.4 Å². The Balaban J connectivity index is 2.17. The van der Waals surface area contributed by atoms with Crippen LogP contribution in [0.4, 0.5) is 0 Å². The summed E-state index contributed by atoms with van der Waals surface area (Å²) < 4.78 is 0. The second-order valence-corrected chi connectivity index (χ2v) is 18.3. The van der Waals surface area contributed by atoms with E-state index in [1.54, 1.807) is 0 Å². The predicted molar refractivity (Wildman–Crippen MR) is 139 cm³/mol. The minimum atomic E-state index is -1.41. The van der Waals surface area contributed by atoms with Crippen LogP contribution < -0.4 is 0 Å². The van der Waals surface area contributed by atoms with E-state index in [9.17, 15) is 0 Å². The molecule has 2 aromatic rings. The Labute approximate surface area is 194 Å². The molecule has 0 saturated heterocycles. The first kappa shape index (κ1) is 24.4. The first-order valence-electron chi connectivity index (χ1n) is 10.1. The van der Waals surface area contributed by atoms with Gasteiger partial charge in [0.15, 0.2) is 0 Å². The normalized spacial score (nSPS) is 9.31. The fourth-order valence-corrected chi connectivity index (χ4v) is 2.92. The van der Waals surface area contributed by atoms with Gasteiger partial charge in [0.1, 0.15) is 27.5 Å². The summed E-state index contributed by atoms with van der Waals surface area (Å²) in [4.78, 5) is 9.12. The van der Waals surface area contributed by atoms with E-state index in [1.165, 1.54) is 0 Å². The maximum Gasteiger partial charge on any atom is 0.130 e. The van der Waals surface area contributed by atoms with Crippen LogP contribution in [0.3, 0.4) is 0 Å². The molecule has 2 rings (SSSR count). The zero-order chi connectivity index (χ0) is 23.5. The van der Waals surface area contributed by atoms with Crippen molar-refractivity contribution >= 4 is 16.1 Å². The Morgan fingerprint density at radius 1 is 0.500 bits per heavy atom. The van der Waals surface area contributed by atoms with E-state index in [-0.39, 0.29) is 0 Å². The molecule has 0 amide bonds. The lowest BCUT2D eigenvalue weighted by Crippen LogP contribution is -2.16. The highest BCUT2D eigenvalue weighted by atomic mass is 28.3. The van der Waals surface area contributed by atoms with Crippen molar-refractivity contribution in [1.29, 1.82) is 0 Å². The maximum absolute atomic E-state index is 4.56. The van der Waals surface area contributed by atoms with Crippen molar-refractivity contribution in [2.45, 2.75) is 39.3 Å². The van der Waals surface area contributed by atoms with E-state index < -0.39 is 16.1 Å². The van der Waals surface area contributed by atoms with Crippen LogP contribution in [0, 0.1) is 70.3 Å². The zero-order valence-corrected chi connectivity index (χ0v) is 21.4. The average molecular weight is 445 g/mol. The van der Waals surface area contributed by atoms with E-state index in [2.05, 4.69) is 120 Å². The van der Waals surface area contributed by atoms with Gasteiger partial charge < -0.3 is 0 Å². The molecule has 2 heterocycles. The van der Waals surface area contributed by atoms with Crippen LogP contribution in [0.25, 0.3) is 11.4 Å². The second-order valence-electron chi connectivity index (χ2n) is 8.82. The number of aromatic nitrogens is 2. The van der Waals surface area contributed by atoms with Gasteiger partial charge in [0.05, 0.1) is 11.4 Å². The molecule has 2 aromatic heterocycles. The molecule has 0 spiro atoms. The molecule has 2 nitrogen and oxygen atoms in total. The quantitative estimate of drug-likeness (QED) is 0.474. The molecule has 32 heavy (non-hydrogen) atoms. The molecule has 0 radical (unpaired) electrons. The van der Waals surface area contributed by atoms with Gasteiger partial charge in [-0.2, -0.15) is 0 Å². The third-order valence-electron chi connectivity index (χ3n) is 3.39. The smallest absolute Gasteiger partial charge is 0.130 e. The summed E-state index contributed by atoms with van der Waals surface area (Å²) in [5.74, 6) is 28.4. The predicted octanol–water partition coefficient (Wildman–Crippen LogP) is 4.62. The molecule has 4 heteroatoms. The molecule has 0 atom stereocenters. The van der Waals surface area contributed by atoms with E-state index >= 15 is 0 Å². The summed E-state index contributed by atoms with van der Waals surface area (Å²) in [6.07, 6.45) is 0. The molecule has 154 valence electrons. The minimum absolute atomic E-state index is 0.625. The number of rotatable bonds is 1. The molecule has 0 aromatic carbocycles. The number of pyridine rings is 2. The van der Waals surface area contributed by atoms with Gasteiger partial charge in [0, 0.05) is 0 Å². The Morgan fingerprint density at radius 2 is 0.875 bits per heavy atom. The van der Waals surface area contributed by atoms with Crippen molar-refractivity contribution in [2.24, 2.45) is 0 Å². The van der Waals surface area contributed by atoms with Crippen LogP contribution in [-0.2, 0) is 0 Å². The highest BCUT2D eigenvalue weighted by Crippen LogP contribution is 2.14. The molecule has 0 saturated carbocycles. The van der Waals surface area contributed by atoms with Gasteiger partial charge in [0.2, 0.25) is 0 Å². The van der Waals surface area contributed by atoms with Crippen LogP contribution in [0.1, 0.15) is 11.4 Å². The highest BCUT2D eigenvalue weighted by molar-refractivity contribution is 6.84. The van der Waals surface area contributed by atoms with Gasteiger partial charge in [-0.1, -0.05) is 51.4 Å². The van der Waals surface area contributed by atoms with Crippen LogP contribution in [0.15, 0.2) is 36.4 Å². The fourth-order valence-electron chi connectivity index (χ4n) is 2.05. The lowest BCUT2D eigenvalue weighted by atomic mass is 10.2. The Morgan fingerprint density at radius 3 is 1.25 bits per heavy atom. The van der Waals surface area contributed by atoms with Gasteiger partial charge in [0.25, 0.3) is 0 Å².